The first kappa shape index (κ1) is 14.7. The molecule has 0 fully saturated rings. The molecule has 23 heavy (non-hydrogen) atoms. The van der Waals surface area contributed by atoms with Crippen molar-refractivity contribution in [3.63, 3.8) is 0 Å². The molecule has 1 aromatic carbocycles. The fourth-order valence-corrected chi connectivity index (χ4v) is 4.01. The van der Waals surface area contributed by atoms with Crippen LogP contribution in [0.15, 0.2) is 53.3 Å². The van der Waals surface area contributed by atoms with E-state index in [2.05, 4.69) is 82.5 Å². The number of benzene rings is 1. The molecule has 0 amide bonds. The van der Waals surface area contributed by atoms with Gasteiger partial charge in [0.15, 0.2) is 5.72 Å². The lowest BCUT2D eigenvalue weighted by atomic mass is 9.77. The van der Waals surface area contributed by atoms with Gasteiger partial charge in [-0.25, -0.2) is 4.84 Å². The summed E-state index contributed by atoms with van der Waals surface area (Å²) in [5.41, 5.74) is 6.78. The average molecular weight is 372 g/mol. The predicted molar refractivity (Wildman–Crippen MR) is 94.7 cm³/mol. The van der Waals surface area contributed by atoms with Crippen LogP contribution < -0.4 is 10.4 Å². The Hall–Kier alpha value is -1.85. The standard InChI is InChI=1S/C18H18BrN3O/c1-17(2)14-6-4-5-7-16(14)22(3)18(17)9-15(21-23-18)12-8-13(19)11-20-10-12/h4-11,21H,1-3H3/t18-/m1/s1. The van der Waals surface area contributed by atoms with Crippen molar-refractivity contribution in [2.45, 2.75) is 25.0 Å². The molecule has 0 aliphatic carbocycles. The third kappa shape index (κ3) is 1.90. The molecule has 3 heterocycles. The van der Waals surface area contributed by atoms with E-state index in [0.717, 1.165) is 15.7 Å². The van der Waals surface area contributed by atoms with Crippen LogP contribution in [0.3, 0.4) is 0 Å². The number of para-hydroxylation sites is 1. The third-order valence-corrected chi connectivity index (χ3v) is 5.44. The molecule has 0 radical (unpaired) electrons. The summed E-state index contributed by atoms with van der Waals surface area (Å²) >= 11 is 3.47. The first-order valence-electron chi connectivity index (χ1n) is 7.57. The molecule has 1 spiro atoms. The first-order chi connectivity index (χ1) is 11.0. The van der Waals surface area contributed by atoms with Crippen LogP contribution in [0.5, 0.6) is 0 Å². The van der Waals surface area contributed by atoms with E-state index < -0.39 is 5.72 Å². The van der Waals surface area contributed by atoms with Gasteiger partial charge in [-0.3, -0.25) is 10.5 Å². The van der Waals surface area contributed by atoms with E-state index in [0.29, 0.717) is 0 Å². The lowest BCUT2D eigenvalue weighted by Gasteiger charge is -2.39. The molecule has 1 atom stereocenters. The molecular weight excluding hydrogens is 354 g/mol. The van der Waals surface area contributed by atoms with E-state index in [4.69, 9.17) is 4.84 Å². The van der Waals surface area contributed by atoms with Gasteiger partial charge in [-0.05, 0) is 39.7 Å². The molecule has 2 aliphatic rings. The van der Waals surface area contributed by atoms with E-state index in [1.54, 1.807) is 6.20 Å². The van der Waals surface area contributed by atoms with Crippen LogP contribution in [0.1, 0.15) is 25.0 Å². The van der Waals surface area contributed by atoms with Gasteiger partial charge in [-0.2, -0.15) is 0 Å². The summed E-state index contributed by atoms with van der Waals surface area (Å²) in [6, 6.07) is 10.5. The summed E-state index contributed by atoms with van der Waals surface area (Å²) in [6.07, 6.45) is 5.77. The van der Waals surface area contributed by atoms with Crippen molar-refractivity contribution in [2.24, 2.45) is 0 Å². The predicted octanol–water partition coefficient (Wildman–Crippen LogP) is 3.84. The number of fused-ring (bicyclic) bond motifs is 1. The Bertz CT molecular complexity index is 817. The van der Waals surface area contributed by atoms with Gasteiger partial charge in [-0.15, -0.1) is 0 Å². The summed E-state index contributed by atoms with van der Waals surface area (Å²) in [4.78, 5) is 12.6. The van der Waals surface area contributed by atoms with Crippen molar-refractivity contribution in [1.29, 1.82) is 0 Å². The Morgan fingerprint density at radius 2 is 2.00 bits per heavy atom. The van der Waals surface area contributed by atoms with E-state index in [1.165, 1.54) is 11.3 Å². The maximum absolute atomic E-state index is 6.16. The number of nitrogens with one attached hydrogen (secondary N) is 1. The third-order valence-electron chi connectivity index (χ3n) is 5.00. The molecule has 1 aromatic heterocycles. The Labute approximate surface area is 144 Å². The zero-order chi connectivity index (χ0) is 16.2. The highest BCUT2D eigenvalue weighted by Crippen LogP contribution is 2.54. The zero-order valence-electron chi connectivity index (χ0n) is 13.3. The highest BCUT2D eigenvalue weighted by molar-refractivity contribution is 9.10. The van der Waals surface area contributed by atoms with Gasteiger partial charge in [0.05, 0.1) is 5.70 Å². The average Bonchev–Trinajstić information content (AvgIpc) is 3.06. The molecule has 0 saturated heterocycles. The number of rotatable bonds is 1. The smallest absolute Gasteiger partial charge is 0.197 e. The van der Waals surface area contributed by atoms with Crippen molar-refractivity contribution < 1.29 is 4.84 Å². The van der Waals surface area contributed by atoms with Crippen molar-refractivity contribution in [2.75, 3.05) is 11.9 Å². The normalized spacial score (nSPS) is 24.5. The summed E-state index contributed by atoms with van der Waals surface area (Å²) in [5, 5.41) is 0. The van der Waals surface area contributed by atoms with Crippen LogP contribution in [-0.2, 0) is 10.3 Å². The maximum Gasteiger partial charge on any atom is 0.197 e. The number of anilines is 1. The van der Waals surface area contributed by atoms with Gasteiger partial charge in [0.2, 0.25) is 0 Å². The molecule has 2 aliphatic heterocycles. The molecular formula is C18H18BrN3O. The second-order valence-corrected chi connectivity index (χ2v) is 7.47. The van der Waals surface area contributed by atoms with Crippen LogP contribution in [0, 0.1) is 0 Å². The minimum absolute atomic E-state index is 0.188. The second kappa shape index (κ2) is 4.82. The topological polar surface area (TPSA) is 37.4 Å². The Morgan fingerprint density at radius 1 is 1.22 bits per heavy atom. The van der Waals surface area contributed by atoms with E-state index >= 15 is 0 Å². The van der Waals surface area contributed by atoms with E-state index in [1.807, 2.05) is 12.3 Å². The quantitative estimate of drug-likeness (QED) is 0.826. The van der Waals surface area contributed by atoms with Gasteiger partial charge in [0.1, 0.15) is 0 Å². The number of hydroxylamine groups is 1. The summed E-state index contributed by atoms with van der Waals surface area (Å²) in [7, 11) is 2.08. The Balaban J connectivity index is 1.84. The fraction of sp³-hybridized carbons (Fsp3) is 0.278. The van der Waals surface area contributed by atoms with Gasteiger partial charge in [-0.1, -0.05) is 32.0 Å². The molecule has 0 unspecified atom stereocenters. The molecule has 5 heteroatoms. The van der Waals surface area contributed by atoms with E-state index in [9.17, 15) is 0 Å². The molecule has 0 bridgehead atoms. The summed E-state index contributed by atoms with van der Waals surface area (Å²) in [5.74, 6) is 0. The summed E-state index contributed by atoms with van der Waals surface area (Å²) in [6.45, 7) is 4.44. The van der Waals surface area contributed by atoms with Crippen LogP contribution in [0.2, 0.25) is 0 Å². The van der Waals surface area contributed by atoms with Gasteiger partial charge < -0.3 is 4.90 Å². The molecule has 4 nitrogen and oxygen atoms in total. The monoisotopic (exact) mass is 371 g/mol. The first-order valence-corrected chi connectivity index (χ1v) is 8.36. The zero-order valence-corrected chi connectivity index (χ0v) is 14.9. The number of aromatic nitrogens is 1. The molecule has 0 saturated carbocycles. The number of hydrogen-bond donors (Lipinski definition) is 1. The van der Waals surface area contributed by atoms with Gasteiger partial charge in [0, 0.05) is 40.6 Å². The number of pyridine rings is 1. The Morgan fingerprint density at radius 3 is 2.74 bits per heavy atom. The number of likely N-dealkylation sites (N-methyl/N-ethyl adjacent to an activating group) is 1. The molecule has 4 rings (SSSR count). The minimum Gasteiger partial charge on any atom is -0.340 e. The minimum atomic E-state index is -0.561. The number of hydrogen-bond acceptors (Lipinski definition) is 4. The summed E-state index contributed by atoms with van der Waals surface area (Å²) < 4.78 is 0.945. The maximum atomic E-state index is 6.16. The van der Waals surface area contributed by atoms with Crippen LogP contribution in [-0.4, -0.2) is 17.8 Å². The highest BCUT2D eigenvalue weighted by atomic mass is 79.9. The van der Waals surface area contributed by atoms with Gasteiger partial charge in [0.25, 0.3) is 0 Å². The lowest BCUT2D eigenvalue weighted by Crippen LogP contribution is -2.54. The van der Waals surface area contributed by atoms with Crippen LogP contribution >= 0.6 is 15.9 Å². The second-order valence-electron chi connectivity index (χ2n) is 6.55. The van der Waals surface area contributed by atoms with Crippen LogP contribution in [0.25, 0.3) is 5.70 Å². The Kier molecular flexibility index (Phi) is 3.09. The van der Waals surface area contributed by atoms with Crippen molar-refractivity contribution >= 4 is 27.3 Å². The van der Waals surface area contributed by atoms with Crippen molar-refractivity contribution in [3.8, 4) is 0 Å². The largest absolute Gasteiger partial charge is 0.340 e. The molecule has 118 valence electrons. The fourth-order valence-electron chi connectivity index (χ4n) is 3.65. The molecule has 1 N–H and O–H groups in total. The van der Waals surface area contributed by atoms with Gasteiger partial charge >= 0.3 is 0 Å². The highest BCUT2D eigenvalue weighted by Gasteiger charge is 2.58. The lowest BCUT2D eigenvalue weighted by molar-refractivity contribution is -0.0678. The molecule has 2 aromatic rings. The SMILES string of the molecule is CN1c2ccccc2C(C)(C)[C@]12C=C(c1cncc(Br)c1)NO2. The van der Waals surface area contributed by atoms with E-state index in [-0.39, 0.29) is 5.41 Å². The number of halogens is 1. The van der Waals surface area contributed by atoms with Crippen LogP contribution in [0.4, 0.5) is 5.69 Å². The van der Waals surface area contributed by atoms with Crippen molar-refractivity contribution in [1.82, 2.24) is 10.5 Å². The van der Waals surface area contributed by atoms with Crippen molar-refractivity contribution in [3.05, 3.63) is 64.4 Å². The number of nitrogens with zero attached hydrogens (tertiary/aromatic N) is 2.